The van der Waals surface area contributed by atoms with E-state index in [0.717, 1.165) is 18.7 Å². The Morgan fingerprint density at radius 2 is 2.18 bits per heavy atom. The fourth-order valence-electron chi connectivity index (χ4n) is 1.71. The smallest absolute Gasteiger partial charge is 0.249 e. The summed E-state index contributed by atoms with van der Waals surface area (Å²) in [5.74, 6) is 0.0630. The first-order valence-corrected chi connectivity index (χ1v) is 5.72. The highest BCUT2D eigenvalue weighted by molar-refractivity contribution is 5.94. The number of nitrogens with two attached hydrogens (primary N) is 1. The van der Waals surface area contributed by atoms with Crippen molar-refractivity contribution in [2.45, 2.75) is 13.5 Å². The Morgan fingerprint density at radius 1 is 1.47 bits per heavy atom. The number of ether oxygens (including phenoxy) is 1. The minimum atomic E-state index is -0.382. The van der Waals surface area contributed by atoms with Crippen molar-refractivity contribution in [3.63, 3.8) is 0 Å². The molecule has 0 aliphatic heterocycles. The third-order valence-electron chi connectivity index (χ3n) is 2.54. The molecule has 1 atom stereocenters. The first-order valence-electron chi connectivity index (χ1n) is 5.72. The molecule has 1 unspecified atom stereocenters. The lowest BCUT2D eigenvalue weighted by atomic mass is 10.1. The number of nitrogens with one attached hydrogen (secondary N) is 1. The van der Waals surface area contributed by atoms with Crippen molar-refractivity contribution < 1.29 is 9.53 Å². The van der Waals surface area contributed by atoms with E-state index in [9.17, 15) is 4.79 Å². The molecular formula is C13H20N2O2. The molecule has 0 radical (unpaired) electrons. The largest absolute Gasteiger partial charge is 0.384 e. The van der Waals surface area contributed by atoms with Gasteiger partial charge in [-0.3, -0.25) is 4.79 Å². The van der Waals surface area contributed by atoms with E-state index in [2.05, 4.69) is 12.2 Å². The van der Waals surface area contributed by atoms with Gasteiger partial charge in [0.1, 0.15) is 0 Å². The molecule has 0 fully saturated rings. The lowest BCUT2D eigenvalue weighted by molar-refractivity contribution is 0.0999. The van der Waals surface area contributed by atoms with Crippen LogP contribution in [0, 0.1) is 5.92 Å². The van der Waals surface area contributed by atoms with Gasteiger partial charge in [0.2, 0.25) is 5.91 Å². The Kier molecular flexibility index (Phi) is 5.66. The molecule has 1 aromatic carbocycles. The van der Waals surface area contributed by atoms with Crippen LogP contribution in [0.1, 0.15) is 22.8 Å². The van der Waals surface area contributed by atoms with Gasteiger partial charge in [-0.2, -0.15) is 0 Å². The molecule has 3 N–H and O–H groups in total. The molecule has 0 spiro atoms. The van der Waals surface area contributed by atoms with Gasteiger partial charge in [0.15, 0.2) is 0 Å². The fourth-order valence-corrected chi connectivity index (χ4v) is 1.71. The summed E-state index contributed by atoms with van der Waals surface area (Å²) in [7, 11) is 1.69. The molecule has 17 heavy (non-hydrogen) atoms. The quantitative estimate of drug-likeness (QED) is 0.746. The molecule has 0 aliphatic carbocycles. The van der Waals surface area contributed by atoms with E-state index in [-0.39, 0.29) is 5.91 Å². The van der Waals surface area contributed by atoms with Crippen LogP contribution in [0.3, 0.4) is 0 Å². The molecule has 0 aromatic heterocycles. The van der Waals surface area contributed by atoms with E-state index in [1.807, 2.05) is 18.2 Å². The van der Waals surface area contributed by atoms with Crippen LogP contribution in [0.25, 0.3) is 0 Å². The monoisotopic (exact) mass is 236 g/mol. The highest BCUT2D eigenvalue weighted by atomic mass is 16.5. The topological polar surface area (TPSA) is 64.3 Å². The summed E-state index contributed by atoms with van der Waals surface area (Å²) >= 11 is 0. The predicted octanol–water partition coefficient (Wildman–Crippen LogP) is 1.16. The zero-order valence-corrected chi connectivity index (χ0v) is 10.4. The molecular weight excluding hydrogens is 216 g/mol. The first-order chi connectivity index (χ1) is 8.15. The molecule has 4 nitrogen and oxygen atoms in total. The Balaban J connectivity index is 2.49. The zero-order chi connectivity index (χ0) is 12.7. The average Bonchev–Trinajstić information content (AvgIpc) is 2.30. The Morgan fingerprint density at radius 3 is 2.82 bits per heavy atom. The highest BCUT2D eigenvalue weighted by Crippen LogP contribution is 2.07. The number of hydrogen-bond acceptors (Lipinski definition) is 3. The molecule has 0 aliphatic rings. The van der Waals surface area contributed by atoms with E-state index >= 15 is 0 Å². The summed E-state index contributed by atoms with van der Waals surface area (Å²) in [5.41, 5.74) is 6.82. The van der Waals surface area contributed by atoms with Gasteiger partial charge in [0.25, 0.3) is 0 Å². The van der Waals surface area contributed by atoms with Crippen LogP contribution in [0.5, 0.6) is 0 Å². The van der Waals surface area contributed by atoms with Crippen LogP contribution in [-0.2, 0) is 11.3 Å². The van der Waals surface area contributed by atoms with Gasteiger partial charge in [0, 0.05) is 32.4 Å². The summed E-state index contributed by atoms with van der Waals surface area (Å²) in [6.07, 6.45) is 0. The van der Waals surface area contributed by atoms with Gasteiger partial charge >= 0.3 is 0 Å². The van der Waals surface area contributed by atoms with Crippen molar-refractivity contribution in [1.29, 1.82) is 0 Å². The maximum Gasteiger partial charge on any atom is 0.249 e. The summed E-state index contributed by atoms with van der Waals surface area (Å²) in [4.78, 5) is 11.2. The lowest BCUT2D eigenvalue weighted by Gasteiger charge is -2.12. The van der Waals surface area contributed by atoms with Crippen molar-refractivity contribution in [3.05, 3.63) is 35.4 Å². The van der Waals surface area contributed by atoms with Gasteiger partial charge < -0.3 is 15.8 Å². The van der Waals surface area contributed by atoms with Crippen LogP contribution in [-0.4, -0.2) is 26.2 Å². The van der Waals surface area contributed by atoms with Gasteiger partial charge in [-0.15, -0.1) is 0 Å². The van der Waals surface area contributed by atoms with E-state index in [0.29, 0.717) is 18.0 Å². The van der Waals surface area contributed by atoms with Crippen molar-refractivity contribution in [2.75, 3.05) is 20.3 Å². The fraction of sp³-hybridized carbons (Fsp3) is 0.462. The van der Waals surface area contributed by atoms with E-state index in [4.69, 9.17) is 10.5 Å². The standard InChI is InChI=1S/C13H20N2O2/c1-10(9-17-2)7-15-8-11-5-3-4-6-12(11)13(14)16/h3-6,10,15H,7-9H2,1-2H3,(H2,14,16). The number of hydrogen-bond donors (Lipinski definition) is 2. The van der Waals surface area contributed by atoms with Gasteiger partial charge in [-0.1, -0.05) is 25.1 Å². The first kappa shape index (κ1) is 13.7. The SMILES string of the molecule is COCC(C)CNCc1ccccc1C(N)=O. The lowest BCUT2D eigenvalue weighted by Crippen LogP contribution is -2.25. The number of amides is 1. The van der Waals surface area contributed by atoms with Crippen LogP contribution in [0.15, 0.2) is 24.3 Å². The molecule has 4 heteroatoms. The predicted molar refractivity (Wildman–Crippen MR) is 67.7 cm³/mol. The second-order valence-electron chi connectivity index (χ2n) is 4.21. The third kappa shape index (κ3) is 4.54. The molecule has 0 saturated carbocycles. The third-order valence-corrected chi connectivity index (χ3v) is 2.54. The number of primary amides is 1. The van der Waals surface area contributed by atoms with E-state index in [1.165, 1.54) is 0 Å². The summed E-state index contributed by atoms with van der Waals surface area (Å²) in [6.45, 7) is 4.33. The van der Waals surface area contributed by atoms with Crippen molar-refractivity contribution >= 4 is 5.91 Å². The molecule has 1 rings (SSSR count). The zero-order valence-electron chi connectivity index (χ0n) is 10.4. The highest BCUT2D eigenvalue weighted by Gasteiger charge is 2.07. The number of methoxy groups -OCH3 is 1. The summed E-state index contributed by atoms with van der Waals surface area (Å²) in [5, 5.41) is 3.29. The number of benzene rings is 1. The van der Waals surface area contributed by atoms with Gasteiger partial charge in [-0.25, -0.2) is 0 Å². The molecule has 1 amide bonds. The number of carbonyl (C=O) groups is 1. The summed E-state index contributed by atoms with van der Waals surface area (Å²) in [6, 6.07) is 7.38. The van der Waals surface area contributed by atoms with Crippen molar-refractivity contribution in [3.8, 4) is 0 Å². The average molecular weight is 236 g/mol. The van der Waals surface area contributed by atoms with Crippen LogP contribution < -0.4 is 11.1 Å². The van der Waals surface area contributed by atoms with Crippen LogP contribution in [0.2, 0.25) is 0 Å². The molecule has 0 bridgehead atoms. The van der Waals surface area contributed by atoms with Crippen LogP contribution in [0.4, 0.5) is 0 Å². The molecule has 1 aromatic rings. The number of carbonyl (C=O) groups excluding carboxylic acids is 1. The second kappa shape index (κ2) is 7.04. The van der Waals surface area contributed by atoms with Crippen molar-refractivity contribution in [1.82, 2.24) is 5.32 Å². The summed E-state index contributed by atoms with van der Waals surface area (Å²) < 4.78 is 5.05. The van der Waals surface area contributed by atoms with Crippen molar-refractivity contribution in [2.24, 2.45) is 11.7 Å². The Hall–Kier alpha value is -1.39. The maximum absolute atomic E-state index is 11.2. The minimum Gasteiger partial charge on any atom is -0.384 e. The van der Waals surface area contributed by atoms with E-state index in [1.54, 1.807) is 13.2 Å². The van der Waals surface area contributed by atoms with Gasteiger partial charge in [0.05, 0.1) is 0 Å². The molecule has 94 valence electrons. The maximum atomic E-state index is 11.2. The Labute approximate surface area is 102 Å². The van der Waals surface area contributed by atoms with Gasteiger partial charge in [-0.05, 0) is 17.5 Å². The normalized spacial score (nSPS) is 12.4. The van der Waals surface area contributed by atoms with Crippen LogP contribution >= 0.6 is 0 Å². The Bertz CT molecular complexity index is 366. The second-order valence-corrected chi connectivity index (χ2v) is 4.21. The van der Waals surface area contributed by atoms with E-state index < -0.39 is 0 Å². The molecule has 0 heterocycles. The number of rotatable bonds is 7. The minimum absolute atomic E-state index is 0.382. The molecule has 0 saturated heterocycles.